The molecule has 0 aliphatic carbocycles. The van der Waals surface area contributed by atoms with Crippen LogP contribution in [0.2, 0.25) is 0 Å². The lowest BCUT2D eigenvalue weighted by Gasteiger charge is -2.14. The maximum Gasteiger partial charge on any atom is 0.310 e. The molecule has 2 aromatic carbocycles. The van der Waals surface area contributed by atoms with Crippen molar-refractivity contribution in [2.24, 2.45) is 0 Å². The van der Waals surface area contributed by atoms with Gasteiger partial charge in [0.15, 0.2) is 6.10 Å². The van der Waals surface area contributed by atoms with Gasteiger partial charge in [0.2, 0.25) is 0 Å². The highest BCUT2D eigenvalue weighted by atomic mass is 16.5. The molecule has 0 radical (unpaired) electrons. The zero-order valence-electron chi connectivity index (χ0n) is 14.5. The molecule has 132 valence electrons. The normalized spacial score (nSPS) is 11.4. The molecule has 1 N–H and O–H groups in total. The van der Waals surface area contributed by atoms with Crippen molar-refractivity contribution in [2.75, 3.05) is 11.9 Å². The third-order valence-electron chi connectivity index (χ3n) is 3.63. The van der Waals surface area contributed by atoms with E-state index in [4.69, 9.17) is 9.47 Å². The van der Waals surface area contributed by atoms with E-state index in [1.54, 1.807) is 6.92 Å². The molecule has 2 aromatic rings. The number of aryl methyl sites for hydroxylation is 1. The minimum atomic E-state index is -0.866. The topological polar surface area (TPSA) is 64.6 Å². The van der Waals surface area contributed by atoms with Gasteiger partial charge in [0, 0.05) is 5.69 Å². The molecule has 0 heterocycles. The van der Waals surface area contributed by atoms with Crippen LogP contribution in [0.15, 0.2) is 54.6 Å². The largest absolute Gasteiger partial charge is 0.493 e. The van der Waals surface area contributed by atoms with E-state index in [-0.39, 0.29) is 18.9 Å². The maximum absolute atomic E-state index is 12.1. The first-order chi connectivity index (χ1) is 12.1. The highest BCUT2D eigenvalue weighted by Crippen LogP contribution is 2.11. The summed E-state index contributed by atoms with van der Waals surface area (Å²) in [6.45, 7) is 3.82. The zero-order valence-corrected chi connectivity index (χ0v) is 14.5. The van der Waals surface area contributed by atoms with Crippen molar-refractivity contribution in [3.8, 4) is 5.75 Å². The van der Waals surface area contributed by atoms with Gasteiger partial charge >= 0.3 is 5.97 Å². The van der Waals surface area contributed by atoms with Crippen molar-refractivity contribution in [2.45, 2.75) is 32.8 Å². The molecule has 0 saturated carbocycles. The Bertz CT molecular complexity index is 683. The third kappa shape index (κ3) is 6.30. The molecule has 5 nitrogen and oxygen atoms in total. The van der Waals surface area contributed by atoms with E-state index in [2.05, 4.69) is 12.2 Å². The number of amides is 1. The molecule has 0 bridgehead atoms. The van der Waals surface area contributed by atoms with Crippen molar-refractivity contribution in [1.29, 1.82) is 0 Å². The Morgan fingerprint density at radius 3 is 2.36 bits per heavy atom. The first kappa shape index (κ1) is 18.5. The number of hydrogen-bond donors (Lipinski definition) is 1. The molecule has 1 amide bonds. The minimum absolute atomic E-state index is 0.0811. The second kappa shape index (κ2) is 9.47. The van der Waals surface area contributed by atoms with Crippen LogP contribution < -0.4 is 10.1 Å². The van der Waals surface area contributed by atoms with E-state index in [0.29, 0.717) is 11.4 Å². The van der Waals surface area contributed by atoms with Gasteiger partial charge in [-0.05, 0) is 43.2 Å². The van der Waals surface area contributed by atoms with Gasteiger partial charge in [-0.1, -0.05) is 37.3 Å². The van der Waals surface area contributed by atoms with Crippen molar-refractivity contribution < 1.29 is 19.1 Å². The van der Waals surface area contributed by atoms with Gasteiger partial charge in [0.1, 0.15) is 5.75 Å². The number of nitrogens with one attached hydrogen (secondary N) is 1. The molecule has 25 heavy (non-hydrogen) atoms. The van der Waals surface area contributed by atoms with E-state index in [1.807, 2.05) is 54.6 Å². The summed E-state index contributed by atoms with van der Waals surface area (Å²) in [5.74, 6) is -0.141. The van der Waals surface area contributed by atoms with Crippen molar-refractivity contribution in [3.63, 3.8) is 0 Å². The smallest absolute Gasteiger partial charge is 0.310 e. The average molecular weight is 341 g/mol. The second-order valence-electron chi connectivity index (χ2n) is 5.58. The van der Waals surface area contributed by atoms with Gasteiger partial charge in [-0.3, -0.25) is 9.59 Å². The first-order valence-corrected chi connectivity index (χ1v) is 8.35. The number of benzene rings is 2. The molecular weight excluding hydrogens is 318 g/mol. The number of carbonyl (C=O) groups is 2. The lowest BCUT2D eigenvalue weighted by atomic mass is 10.1. The van der Waals surface area contributed by atoms with Crippen molar-refractivity contribution in [1.82, 2.24) is 0 Å². The fourth-order valence-electron chi connectivity index (χ4n) is 2.15. The molecule has 0 spiro atoms. The summed E-state index contributed by atoms with van der Waals surface area (Å²) in [6.07, 6.45) is 0.153. The number of anilines is 1. The van der Waals surface area contributed by atoms with E-state index >= 15 is 0 Å². The van der Waals surface area contributed by atoms with Crippen LogP contribution in [0.3, 0.4) is 0 Å². The second-order valence-corrected chi connectivity index (χ2v) is 5.58. The summed E-state index contributed by atoms with van der Waals surface area (Å²) >= 11 is 0. The molecule has 0 aliphatic heterocycles. The lowest BCUT2D eigenvalue weighted by molar-refractivity contribution is -0.153. The Labute approximate surface area is 148 Å². The van der Waals surface area contributed by atoms with E-state index in [9.17, 15) is 9.59 Å². The molecule has 0 aliphatic rings. The van der Waals surface area contributed by atoms with E-state index < -0.39 is 12.1 Å². The number of ether oxygens (including phenoxy) is 2. The fraction of sp³-hybridized carbons (Fsp3) is 0.300. The molecule has 1 atom stereocenters. The maximum atomic E-state index is 12.1. The molecule has 0 aromatic heterocycles. The SMILES string of the molecule is CCc1ccc(NC(=O)[C@@H](C)OC(=O)CCOc2ccccc2)cc1. The van der Waals surface area contributed by atoms with Crippen LogP contribution in [-0.2, 0) is 20.7 Å². The highest BCUT2D eigenvalue weighted by molar-refractivity contribution is 5.95. The van der Waals surface area contributed by atoms with Crippen LogP contribution in [0, 0.1) is 0 Å². The van der Waals surface area contributed by atoms with Crippen molar-refractivity contribution in [3.05, 3.63) is 60.2 Å². The Morgan fingerprint density at radius 2 is 1.72 bits per heavy atom. The van der Waals surface area contributed by atoms with Crippen LogP contribution in [0.1, 0.15) is 25.8 Å². The summed E-state index contributed by atoms with van der Waals surface area (Å²) in [6, 6.07) is 16.8. The number of rotatable bonds is 8. The predicted molar refractivity (Wildman–Crippen MR) is 96.6 cm³/mol. The summed E-state index contributed by atoms with van der Waals surface area (Å²) in [4.78, 5) is 23.9. The number of esters is 1. The van der Waals surface area contributed by atoms with Gasteiger partial charge in [-0.15, -0.1) is 0 Å². The van der Waals surface area contributed by atoms with Gasteiger partial charge in [0.25, 0.3) is 5.91 Å². The fourth-order valence-corrected chi connectivity index (χ4v) is 2.15. The summed E-state index contributed by atoms with van der Waals surface area (Å²) < 4.78 is 10.6. The third-order valence-corrected chi connectivity index (χ3v) is 3.63. The van der Waals surface area contributed by atoms with Gasteiger partial charge in [-0.25, -0.2) is 0 Å². The Kier molecular flexibility index (Phi) is 7.01. The highest BCUT2D eigenvalue weighted by Gasteiger charge is 2.17. The van der Waals surface area contributed by atoms with E-state index in [0.717, 1.165) is 6.42 Å². The summed E-state index contributed by atoms with van der Waals surface area (Å²) in [5.41, 5.74) is 1.87. The minimum Gasteiger partial charge on any atom is -0.493 e. The summed E-state index contributed by atoms with van der Waals surface area (Å²) in [7, 11) is 0. The Morgan fingerprint density at radius 1 is 1.04 bits per heavy atom. The average Bonchev–Trinajstić information content (AvgIpc) is 2.63. The van der Waals surface area contributed by atoms with Crippen molar-refractivity contribution >= 4 is 17.6 Å². The number of para-hydroxylation sites is 1. The van der Waals surface area contributed by atoms with Crippen LogP contribution in [0.25, 0.3) is 0 Å². The van der Waals surface area contributed by atoms with Crippen LogP contribution >= 0.6 is 0 Å². The van der Waals surface area contributed by atoms with E-state index in [1.165, 1.54) is 5.56 Å². The summed E-state index contributed by atoms with van der Waals surface area (Å²) in [5, 5.41) is 2.73. The molecule has 0 saturated heterocycles. The van der Waals surface area contributed by atoms with Gasteiger partial charge in [0.05, 0.1) is 13.0 Å². The molecule has 2 rings (SSSR count). The van der Waals surface area contributed by atoms with Gasteiger partial charge < -0.3 is 14.8 Å². The first-order valence-electron chi connectivity index (χ1n) is 8.35. The number of carbonyl (C=O) groups excluding carboxylic acids is 2. The monoisotopic (exact) mass is 341 g/mol. The zero-order chi connectivity index (χ0) is 18.1. The Hall–Kier alpha value is -2.82. The van der Waals surface area contributed by atoms with Crippen LogP contribution in [0.5, 0.6) is 5.75 Å². The molecule has 0 fully saturated rings. The molecule has 5 heteroatoms. The predicted octanol–water partition coefficient (Wildman–Crippen LogP) is 3.59. The molecular formula is C20H23NO4. The van der Waals surface area contributed by atoms with Crippen LogP contribution in [-0.4, -0.2) is 24.6 Å². The Balaban J connectivity index is 1.72. The number of hydrogen-bond acceptors (Lipinski definition) is 4. The molecule has 0 unspecified atom stereocenters. The standard InChI is InChI=1S/C20H23NO4/c1-3-16-9-11-17(12-10-16)21-20(23)15(2)25-19(22)13-14-24-18-7-5-4-6-8-18/h4-12,15H,3,13-14H2,1-2H3,(H,21,23)/t15-/m1/s1. The van der Waals surface area contributed by atoms with Crippen LogP contribution in [0.4, 0.5) is 5.69 Å². The van der Waals surface area contributed by atoms with Gasteiger partial charge in [-0.2, -0.15) is 0 Å². The quantitative estimate of drug-likeness (QED) is 0.745. The lowest BCUT2D eigenvalue weighted by Crippen LogP contribution is -2.30.